The van der Waals surface area contributed by atoms with Crippen molar-refractivity contribution in [3.8, 4) is 0 Å². The van der Waals surface area contributed by atoms with Crippen LogP contribution in [0.3, 0.4) is 0 Å². The Labute approximate surface area is 158 Å². The molecule has 5 nitrogen and oxygen atoms in total. The molecule has 0 fully saturated rings. The molecule has 1 aromatic rings. The number of hydrogen-bond donors (Lipinski definition) is 0. The molecule has 0 aliphatic carbocycles. The number of nitrogens with zero attached hydrogens (tertiary/aromatic N) is 2. The normalized spacial score (nSPS) is 19.4. The van der Waals surface area contributed by atoms with Crippen molar-refractivity contribution in [2.24, 2.45) is 10.4 Å². The molecule has 0 bridgehead atoms. The Morgan fingerprint density at radius 3 is 2.64 bits per heavy atom. The number of esters is 1. The smallest absolute Gasteiger partial charge is 0.315 e. The first-order valence-corrected chi connectivity index (χ1v) is 8.75. The van der Waals surface area contributed by atoms with E-state index in [4.69, 9.17) is 32.7 Å². The van der Waals surface area contributed by atoms with Crippen LogP contribution in [0.15, 0.2) is 35.6 Å². The Morgan fingerprint density at radius 1 is 1.28 bits per heavy atom. The average molecular weight is 386 g/mol. The van der Waals surface area contributed by atoms with Crippen molar-refractivity contribution < 1.29 is 18.8 Å². The van der Waals surface area contributed by atoms with Crippen LogP contribution < -0.4 is 0 Å². The SMILES string of the molecule is CC(C)(C)C(=O)OC[N+]1(CCOCc2ccc(Cl)cc2Cl)C=CN=C1. The van der Waals surface area contributed by atoms with Gasteiger partial charge in [0.25, 0.3) is 0 Å². The van der Waals surface area contributed by atoms with E-state index >= 15 is 0 Å². The largest absolute Gasteiger partial charge is 0.414 e. The standard InChI is InChI=1S/C18H23Cl2N2O3/c1-18(2,3)17(23)25-13-22(7-6-21-12-22)8-9-24-11-14-4-5-15(19)10-16(14)20/h4-7,10,12H,8-9,11,13H2,1-3H3/q+1. The van der Waals surface area contributed by atoms with Gasteiger partial charge >= 0.3 is 5.97 Å². The molecule has 0 saturated carbocycles. The van der Waals surface area contributed by atoms with Gasteiger partial charge in [0.05, 0.1) is 24.8 Å². The summed E-state index contributed by atoms with van der Waals surface area (Å²) in [4.78, 5) is 16.1. The summed E-state index contributed by atoms with van der Waals surface area (Å²) in [5.41, 5.74) is 0.342. The van der Waals surface area contributed by atoms with E-state index < -0.39 is 5.41 Å². The monoisotopic (exact) mass is 385 g/mol. The van der Waals surface area contributed by atoms with E-state index in [1.54, 1.807) is 24.7 Å². The van der Waals surface area contributed by atoms with Crippen molar-refractivity contribution in [2.45, 2.75) is 27.4 Å². The summed E-state index contributed by atoms with van der Waals surface area (Å²) < 4.78 is 11.5. The second kappa shape index (κ2) is 8.32. The van der Waals surface area contributed by atoms with Crippen molar-refractivity contribution in [3.05, 3.63) is 46.2 Å². The summed E-state index contributed by atoms with van der Waals surface area (Å²) in [5.74, 6) is -0.243. The summed E-state index contributed by atoms with van der Waals surface area (Å²) in [6.07, 6.45) is 5.32. The minimum Gasteiger partial charge on any atom is -0.414 e. The molecule has 25 heavy (non-hydrogen) atoms. The van der Waals surface area contributed by atoms with Crippen LogP contribution in [-0.2, 0) is 20.9 Å². The van der Waals surface area contributed by atoms with Gasteiger partial charge in [-0.25, -0.2) is 9.48 Å². The molecule has 0 amide bonds. The van der Waals surface area contributed by atoms with E-state index in [-0.39, 0.29) is 12.7 Å². The van der Waals surface area contributed by atoms with Crippen molar-refractivity contribution in [2.75, 3.05) is 19.9 Å². The fraction of sp³-hybridized carbons (Fsp3) is 0.444. The average Bonchev–Trinajstić information content (AvgIpc) is 2.99. The summed E-state index contributed by atoms with van der Waals surface area (Å²) in [7, 11) is 0. The number of carbonyl (C=O) groups excluding carboxylic acids is 1. The number of ether oxygens (including phenoxy) is 2. The van der Waals surface area contributed by atoms with Crippen LogP contribution in [0.25, 0.3) is 0 Å². The highest BCUT2D eigenvalue weighted by Crippen LogP contribution is 2.22. The zero-order chi connectivity index (χ0) is 18.5. The third-order valence-corrected chi connectivity index (χ3v) is 4.31. The first kappa shape index (κ1) is 19.9. The summed E-state index contributed by atoms with van der Waals surface area (Å²) in [6, 6.07) is 5.32. The molecule has 2 rings (SSSR count). The van der Waals surface area contributed by atoms with Gasteiger partial charge in [-0.15, -0.1) is 0 Å². The molecular weight excluding hydrogens is 363 g/mol. The second-order valence-electron chi connectivity index (χ2n) is 6.99. The van der Waals surface area contributed by atoms with Crippen LogP contribution in [0.4, 0.5) is 0 Å². The van der Waals surface area contributed by atoms with Crippen LogP contribution in [0, 0.1) is 5.41 Å². The van der Waals surface area contributed by atoms with Crippen molar-refractivity contribution in [1.29, 1.82) is 0 Å². The molecule has 0 N–H and O–H groups in total. The maximum absolute atomic E-state index is 12.0. The van der Waals surface area contributed by atoms with Gasteiger partial charge in [-0.2, -0.15) is 0 Å². The highest BCUT2D eigenvalue weighted by Gasteiger charge is 2.31. The highest BCUT2D eigenvalue weighted by molar-refractivity contribution is 6.35. The number of hydrogen-bond acceptors (Lipinski definition) is 4. The van der Waals surface area contributed by atoms with Gasteiger partial charge in [0.1, 0.15) is 12.7 Å². The zero-order valence-corrected chi connectivity index (χ0v) is 16.2. The maximum Gasteiger partial charge on any atom is 0.315 e. The molecule has 7 heteroatoms. The molecule has 0 saturated heterocycles. The number of rotatable bonds is 7. The molecule has 1 unspecified atom stereocenters. The quantitative estimate of drug-likeness (QED) is 0.397. The summed E-state index contributed by atoms with van der Waals surface area (Å²) in [5, 5.41) is 1.18. The topological polar surface area (TPSA) is 47.9 Å². The van der Waals surface area contributed by atoms with Crippen LogP contribution in [0.1, 0.15) is 26.3 Å². The van der Waals surface area contributed by atoms with Crippen LogP contribution in [0.2, 0.25) is 10.0 Å². The highest BCUT2D eigenvalue weighted by atomic mass is 35.5. The number of carbonyl (C=O) groups is 1. The molecular formula is C18H23Cl2N2O3+. The van der Waals surface area contributed by atoms with Crippen LogP contribution in [0.5, 0.6) is 0 Å². The Hall–Kier alpha value is -1.40. The molecule has 0 spiro atoms. The van der Waals surface area contributed by atoms with Crippen LogP contribution in [-0.4, -0.2) is 36.7 Å². The lowest BCUT2D eigenvalue weighted by Crippen LogP contribution is -2.45. The Kier molecular flexibility index (Phi) is 6.63. The predicted molar refractivity (Wildman–Crippen MR) is 99.3 cm³/mol. The van der Waals surface area contributed by atoms with Crippen molar-refractivity contribution >= 4 is 35.5 Å². The van der Waals surface area contributed by atoms with Crippen LogP contribution >= 0.6 is 23.2 Å². The van der Waals surface area contributed by atoms with Gasteiger partial charge in [-0.1, -0.05) is 29.3 Å². The molecule has 1 heterocycles. The van der Waals surface area contributed by atoms with Gasteiger partial charge in [0.15, 0.2) is 6.34 Å². The molecule has 1 aliphatic heterocycles. The van der Waals surface area contributed by atoms with Gasteiger partial charge in [-0.05, 0) is 38.5 Å². The van der Waals surface area contributed by atoms with Crippen molar-refractivity contribution in [3.63, 3.8) is 0 Å². The van der Waals surface area contributed by atoms with E-state index in [1.165, 1.54) is 0 Å². The van der Waals surface area contributed by atoms with E-state index in [0.29, 0.717) is 34.3 Å². The Morgan fingerprint density at radius 2 is 2.04 bits per heavy atom. The Bertz CT molecular complexity index is 669. The molecule has 136 valence electrons. The Balaban J connectivity index is 1.84. The van der Waals surface area contributed by atoms with E-state index in [0.717, 1.165) is 5.56 Å². The molecule has 0 aromatic heterocycles. The first-order chi connectivity index (χ1) is 11.7. The molecule has 1 aromatic carbocycles. The summed E-state index contributed by atoms with van der Waals surface area (Å²) >= 11 is 12.0. The lowest BCUT2D eigenvalue weighted by atomic mass is 9.97. The van der Waals surface area contributed by atoms with Gasteiger partial charge in [0, 0.05) is 10.0 Å². The molecule has 1 aliphatic rings. The summed E-state index contributed by atoms with van der Waals surface area (Å²) in [6.45, 7) is 7.12. The van der Waals surface area contributed by atoms with E-state index in [1.807, 2.05) is 33.0 Å². The van der Waals surface area contributed by atoms with Gasteiger partial charge in [-0.3, -0.25) is 4.79 Å². The minimum absolute atomic E-state index is 0.196. The molecule has 1 atom stereocenters. The first-order valence-electron chi connectivity index (χ1n) is 7.99. The number of quaternary nitrogens is 1. The predicted octanol–water partition coefficient (Wildman–Crippen LogP) is 4.39. The van der Waals surface area contributed by atoms with E-state index in [2.05, 4.69) is 4.99 Å². The third-order valence-electron chi connectivity index (χ3n) is 3.72. The number of halogens is 2. The van der Waals surface area contributed by atoms with E-state index in [9.17, 15) is 4.79 Å². The third kappa shape index (κ3) is 5.82. The zero-order valence-electron chi connectivity index (χ0n) is 14.7. The van der Waals surface area contributed by atoms with Gasteiger partial charge in [0.2, 0.25) is 6.73 Å². The van der Waals surface area contributed by atoms with Gasteiger partial charge < -0.3 is 9.47 Å². The second-order valence-corrected chi connectivity index (χ2v) is 7.83. The fourth-order valence-corrected chi connectivity index (χ4v) is 2.57. The minimum atomic E-state index is -0.535. The van der Waals surface area contributed by atoms with Crippen molar-refractivity contribution in [1.82, 2.24) is 0 Å². The maximum atomic E-state index is 12.0. The lowest BCUT2D eigenvalue weighted by molar-refractivity contribution is -0.801. The fourth-order valence-electron chi connectivity index (χ4n) is 2.10. The lowest BCUT2D eigenvalue weighted by Gasteiger charge is -2.28. The number of aliphatic imine (C=N–C) groups is 1. The number of benzene rings is 1. The molecule has 0 radical (unpaired) electrons.